The Balaban J connectivity index is 2.07. The number of para-hydroxylation sites is 1. The van der Waals surface area contributed by atoms with Gasteiger partial charge in [-0.25, -0.2) is 0 Å². The van der Waals surface area contributed by atoms with Gasteiger partial charge in [-0.05, 0) is 30.2 Å². The highest BCUT2D eigenvalue weighted by atomic mass is 16.2. The molecule has 1 amide bonds. The first-order valence-corrected chi connectivity index (χ1v) is 6.93. The zero-order chi connectivity index (χ0) is 13.9. The molecule has 2 aliphatic heterocycles. The standard InChI is InChI=1S/C18H15NO/c1-11-12(2)17-14-8-3-4-9-15(14)18(20)19(17)16-10-6-5-7-13(11)16/h3-11H,1-2H3. The van der Waals surface area contributed by atoms with Crippen LogP contribution in [-0.4, -0.2) is 5.91 Å². The largest absolute Gasteiger partial charge is 0.276 e. The predicted molar refractivity (Wildman–Crippen MR) is 80.7 cm³/mol. The summed E-state index contributed by atoms with van der Waals surface area (Å²) in [6, 6.07) is 16.1. The van der Waals surface area contributed by atoms with Gasteiger partial charge in [0.2, 0.25) is 0 Å². The monoisotopic (exact) mass is 261 g/mol. The van der Waals surface area contributed by atoms with Gasteiger partial charge in [0.1, 0.15) is 0 Å². The highest BCUT2D eigenvalue weighted by Crippen LogP contribution is 2.48. The van der Waals surface area contributed by atoms with E-state index in [-0.39, 0.29) is 5.91 Å². The second-order valence-electron chi connectivity index (χ2n) is 5.50. The van der Waals surface area contributed by atoms with E-state index in [0.29, 0.717) is 5.92 Å². The minimum Gasteiger partial charge on any atom is -0.276 e. The molecular formula is C18H15NO. The molecular weight excluding hydrogens is 246 g/mol. The molecule has 0 fully saturated rings. The fourth-order valence-corrected chi connectivity index (χ4v) is 3.33. The Morgan fingerprint density at radius 2 is 1.60 bits per heavy atom. The first-order valence-electron chi connectivity index (χ1n) is 6.93. The third-order valence-corrected chi connectivity index (χ3v) is 4.51. The number of hydrogen-bond acceptors (Lipinski definition) is 1. The average molecular weight is 261 g/mol. The lowest BCUT2D eigenvalue weighted by molar-refractivity contribution is 0.101. The minimum absolute atomic E-state index is 0.0919. The van der Waals surface area contributed by atoms with Crippen molar-refractivity contribution in [2.24, 2.45) is 0 Å². The molecule has 2 heterocycles. The first-order chi connectivity index (χ1) is 9.70. The number of fused-ring (bicyclic) bond motifs is 5. The Bertz CT molecular complexity index is 772. The molecule has 1 atom stereocenters. The second-order valence-corrected chi connectivity index (χ2v) is 5.50. The van der Waals surface area contributed by atoms with Crippen LogP contribution in [0.15, 0.2) is 54.1 Å². The Kier molecular flexibility index (Phi) is 2.19. The number of benzene rings is 2. The maximum absolute atomic E-state index is 12.7. The number of nitrogens with zero attached hydrogens (tertiary/aromatic N) is 1. The molecule has 0 saturated heterocycles. The molecule has 2 aromatic rings. The van der Waals surface area contributed by atoms with Crippen molar-refractivity contribution in [3.63, 3.8) is 0 Å². The van der Waals surface area contributed by atoms with Crippen LogP contribution in [0.2, 0.25) is 0 Å². The summed E-state index contributed by atoms with van der Waals surface area (Å²) in [6.07, 6.45) is 0. The van der Waals surface area contributed by atoms with Gasteiger partial charge in [0.25, 0.3) is 5.91 Å². The normalized spacial score (nSPS) is 19.8. The second kappa shape index (κ2) is 3.83. The van der Waals surface area contributed by atoms with E-state index in [0.717, 1.165) is 22.5 Å². The molecule has 0 saturated carbocycles. The Morgan fingerprint density at radius 3 is 2.40 bits per heavy atom. The third-order valence-electron chi connectivity index (χ3n) is 4.51. The summed E-state index contributed by atoms with van der Waals surface area (Å²) >= 11 is 0. The number of anilines is 1. The third kappa shape index (κ3) is 1.26. The van der Waals surface area contributed by atoms with Crippen LogP contribution in [0.5, 0.6) is 0 Å². The van der Waals surface area contributed by atoms with Crippen LogP contribution in [0.25, 0.3) is 5.70 Å². The van der Waals surface area contributed by atoms with Crippen LogP contribution < -0.4 is 4.90 Å². The van der Waals surface area contributed by atoms with Crippen molar-refractivity contribution in [2.45, 2.75) is 19.8 Å². The van der Waals surface area contributed by atoms with Crippen LogP contribution in [0.1, 0.15) is 41.3 Å². The molecule has 4 rings (SSSR count). The summed E-state index contributed by atoms with van der Waals surface area (Å²) < 4.78 is 0. The van der Waals surface area contributed by atoms with Gasteiger partial charge >= 0.3 is 0 Å². The lowest BCUT2D eigenvalue weighted by atomic mass is 9.86. The van der Waals surface area contributed by atoms with E-state index in [4.69, 9.17) is 0 Å². The van der Waals surface area contributed by atoms with E-state index in [2.05, 4.69) is 19.9 Å². The highest BCUT2D eigenvalue weighted by molar-refractivity contribution is 6.23. The van der Waals surface area contributed by atoms with Gasteiger partial charge < -0.3 is 0 Å². The predicted octanol–water partition coefficient (Wildman–Crippen LogP) is 4.20. The number of amides is 1. The number of carbonyl (C=O) groups is 1. The number of carbonyl (C=O) groups excluding carboxylic acids is 1. The molecule has 0 N–H and O–H groups in total. The van der Waals surface area contributed by atoms with Crippen molar-refractivity contribution in [3.05, 3.63) is 70.8 Å². The quantitative estimate of drug-likeness (QED) is 0.696. The summed E-state index contributed by atoms with van der Waals surface area (Å²) in [5.41, 5.74) is 6.48. The van der Waals surface area contributed by atoms with Crippen molar-refractivity contribution in [1.29, 1.82) is 0 Å². The van der Waals surface area contributed by atoms with Crippen LogP contribution >= 0.6 is 0 Å². The van der Waals surface area contributed by atoms with Crippen molar-refractivity contribution in [2.75, 3.05) is 4.90 Å². The summed E-state index contributed by atoms with van der Waals surface area (Å²) in [6.45, 7) is 4.35. The van der Waals surface area contributed by atoms with E-state index < -0.39 is 0 Å². The van der Waals surface area contributed by atoms with Gasteiger partial charge in [0, 0.05) is 17.0 Å². The topological polar surface area (TPSA) is 20.3 Å². The molecule has 1 unspecified atom stereocenters. The fourth-order valence-electron chi connectivity index (χ4n) is 3.33. The molecule has 2 aromatic carbocycles. The van der Waals surface area contributed by atoms with E-state index in [1.165, 1.54) is 11.1 Å². The maximum atomic E-state index is 12.7. The molecule has 20 heavy (non-hydrogen) atoms. The first kappa shape index (κ1) is 11.5. The number of allylic oxidation sites excluding steroid dienone is 1. The minimum atomic E-state index is 0.0919. The number of hydrogen-bond donors (Lipinski definition) is 0. The van der Waals surface area contributed by atoms with Crippen molar-refractivity contribution < 1.29 is 4.79 Å². The molecule has 2 aliphatic rings. The molecule has 0 radical (unpaired) electrons. The van der Waals surface area contributed by atoms with Crippen LogP contribution in [0.4, 0.5) is 5.69 Å². The lowest BCUT2D eigenvalue weighted by Crippen LogP contribution is -2.28. The smallest absolute Gasteiger partial charge is 0.263 e. The van der Waals surface area contributed by atoms with E-state index in [9.17, 15) is 4.79 Å². The van der Waals surface area contributed by atoms with E-state index in [1.54, 1.807) is 0 Å². The van der Waals surface area contributed by atoms with Crippen LogP contribution in [0.3, 0.4) is 0 Å². The molecule has 98 valence electrons. The molecule has 0 spiro atoms. The maximum Gasteiger partial charge on any atom is 0.263 e. The van der Waals surface area contributed by atoms with Gasteiger partial charge in [-0.3, -0.25) is 9.69 Å². The molecule has 0 aliphatic carbocycles. The zero-order valence-electron chi connectivity index (χ0n) is 11.6. The average Bonchev–Trinajstić information content (AvgIpc) is 2.79. The van der Waals surface area contributed by atoms with Crippen LogP contribution in [-0.2, 0) is 0 Å². The van der Waals surface area contributed by atoms with Crippen molar-refractivity contribution in [3.8, 4) is 0 Å². The van der Waals surface area contributed by atoms with Gasteiger partial charge in [-0.2, -0.15) is 0 Å². The fraction of sp³-hybridized carbons (Fsp3) is 0.167. The summed E-state index contributed by atoms with van der Waals surface area (Å²) in [5.74, 6) is 0.436. The SMILES string of the molecule is CC1=C2c3ccccc3C(=O)N2c2ccccc2C1C. The number of rotatable bonds is 0. The Hall–Kier alpha value is -2.35. The Morgan fingerprint density at radius 1 is 0.950 bits per heavy atom. The molecule has 2 heteroatoms. The van der Waals surface area contributed by atoms with Gasteiger partial charge in [0.05, 0.1) is 11.4 Å². The van der Waals surface area contributed by atoms with Gasteiger partial charge in [0.15, 0.2) is 0 Å². The molecule has 0 bridgehead atoms. The van der Waals surface area contributed by atoms with E-state index in [1.807, 2.05) is 47.4 Å². The van der Waals surface area contributed by atoms with Gasteiger partial charge in [-0.1, -0.05) is 43.3 Å². The molecule has 2 nitrogen and oxygen atoms in total. The van der Waals surface area contributed by atoms with Crippen molar-refractivity contribution in [1.82, 2.24) is 0 Å². The molecule has 0 aromatic heterocycles. The van der Waals surface area contributed by atoms with Gasteiger partial charge in [-0.15, -0.1) is 0 Å². The van der Waals surface area contributed by atoms with E-state index >= 15 is 0 Å². The summed E-state index contributed by atoms with van der Waals surface area (Å²) in [7, 11) is 0. The zero-order valence-corrected chi connectivity index (χ0v) is 11.6. The Labute approximate surface area is 118 Å². The summed E-state index contributed by atoms with van der Waals surface area (Å²) in [5, 5.41) is 0. The van der Waals surface area contributed by atoms with Crippen LogP contribution in [0, 0.1) is 0 Å². The summed E-state index contributed by atoms with van der Waals surface area (Å²) in [4.78, 5) is 14.6. The van der Waals surface area contributed by atoms with Crippen molar-refractivity contribution >= 4 is 17.3 Å². The lowest BCUT2D eigenvalue weighted by Gasteiger charge is -2.32. The highest BCUT2D eigenvalue weighted by Gasteiger charge is 2.39.